The fourth-order valence-corrected chi connectivity index (χ4v) is 2.85. The van der Waals surface area contributed by atoms with Crippen LogP contribution in [0.5, 0.6) is 0 Å². The van der Waals surface area contributed by atoms with Crippen molar-refractivity contribution in [2.24, 2.45) is 0 Å². The van der Waals surface area contributed by atoms with Crippen molar-refractivity contribution in [2.75, 3.05) is 26.8 Å². The Hall–Kier alpha value is -1.26. The van der Waals surface area contributed by atoms with Gasteiger partial charge in [0.25, 0.3) is 0 Å². The summed E-state index contributed by atoms with van der Waals surface area (Å²) >= 11 is 6.24. The van der Waals surface area contributed by atoms with Crippen LogP contribution in [0.25, 0.3) is 0 Å². The number of hydrogen-bond acceptors (Lipinski definition) is 2. The van der Waals surface area contributed by atoms with Gasteiger partial charge in [0.15, 0.2) is 0 Å². The maximum Gasteiger partial charge on any atom is 0.317 e. The lowest BCUT2D eigenvalue weighted by Crippen LogP contribution is -2.40. The van der Waals surface area contributed by atoms with Crippen molar-refractivity contribution in [3.05, 3.63) is 34.9 Å². The molecule has 1 atom stereocenters. The second-order valence-electron chi connectivity index (χ2n) is 4.95. The Bertz CT molecular complexity index is 453. The van der Waals surface area contributed by atoms with E-state index in [1.54, 1.807) is 7.11 Å². The molecule has 0 unspecified atom stereocenters. The van der Waals surface area contributed by atoms with Crippen LogP contribution in [0, 0.1) is 0 Å². The van der Waals surface area contributed by atoms with Gasteiger partial charge in [0, 0.05) is 31.8 Å². The smallest absolute Gasteiger partial charge is 0.317 e. The quantitative estimate of drug-likeness (QED) is 0.848. The molecule has 1 N–H and O–H groups in total. The molecule has 1 fully saturated rings. The lowest BCUT2D eigenvalue weighted by Gasteiger charge is -2.26. The second-order valence-corrected chi connectivity index (χ2v) is 5.36. The van der Waals surface area contributed by atoms with Crippen LogP contribution in [0.4, 0.5) is 4.79 Å². The van der Waals surface area contributed by atoms with Crippen molar-refractivity contribution >= 4 is 17.6 Å². The molecule has 1 aliphatic heterocycles. The number of nitrogens with zero attached hydrogens (tertiary/aromatic N) is 1. The third-order valence-corrected chi connectivity index (χ3v) is 3.92. The molecule has 5 heteroatoms. The van der Waals surface area contributed by atoms with E-state index in [0.717, 1.165) is 36.4 Å². The van der Waals surface area contributed by atoms with Crippen molar-refractivity contribution in [1.29, 1.82) is 0 Å². The molecule has 2 amide bonds. The van der Waals surface area contributed by atoms with E-state index in [0.29, 0.717) is 13.2 Å². The molecular formula is C15H21ClN2O2. The van der Waals surface area contributed by atoms with Crippen molar-refractivity contribution in [2.45, 2.75) is 25.3 Å². The highest BCUT2D eigenvalue weighted by atomic mass is 35.5. The topological polar surface area (TPSA) is 41.6 Å². The number of carbonyl (C=O) groups is 1. The van der Waals surface area contributed by atoms with E-state index in [9.17, 15) is 4.79 Å². The number of amides is 2. The van der Waals surface area contributed by atoms with Crippen LogP contribution >= 0.6 is 11.6 Å². The number of benzene rings is 1. The Morgan fingerprint density at radius 1 is 1.50 bits per heavy atom. The Morgan fingerprint density at radius 3 is 3.05 bits per heavy atom. The molecule has 1 aromatic carbocycles. The number of rotatable bonds is 5. The molecule has 0 bridgehead atoms. The van der Waals surface area contributed by atoms with Crippen LogP contribution in [0.3, 0.4) is 0 Å². The van der Waals surface area contributed by atoms with E-state index in [2.05, 4.69) is 5.32 Å². The van der Waals surface area contributed by atoms with Gasteiger partial charge >= 0.3 is 6.03 Å². The number of urea groups is 1. The molecule has 4 nitrogen and oxygen atoms in total. The van der Waals surface area contributed by atoms with Crippen LogP contribution in [-0.2, 0) is 4.74 Å². The van der Waals surface area contributed by atoms with Gasteiger partial charge in [-0.25, -0.2) is 4.79 Å². The van der Waals surface area contributed by atoms with E-state index in [4.69, 9.17) is 16.3 Å². The summed E-state index contributed by atoms with van der Waals surface area (Å²) in [6.07, 6.45) is 2.81. The standard InChI is InChI=1S/C15H21ClN2O2/c1-20-11-5-9-17-15(19)18-10-4-8-14(18)12-6-2-3-7-13(12)16/h2-3,6-7,14H,4-5,8-11H2,1H3,(H,17,19)/t14-/m0/s1. The van der Waals surface area contributed by atoms with Gasteiger partial charge in [-0.05, 0) is 30.9 Å². The third-order valence-electron chi connectivity index (χ3n) is 3.58. The lowest BCUT2D eigenvalue weighted by atomic mass is 10.0. The Kier molecular flexibility index (Phi) is 5.68. The molecular weight excluding hydrogens is 276 g/mol. The van der Waals surface area contributed by atoms with E-state index < -0.39 is 0 Å². The Balaban J connectivity index is 1.97. The number of halogens is 1. The molecule has 1 aromatic rings. The minimum absolute atomic E-state index is 0.0106. The lowest BCUT2D eigenvalue weighted by molar-refractivity contribution is 0.182. The van der Waals surface area contributed by atoms with Crippen molar-refractivity contribution in [3.63, 3.8) is 0 Å². The van der Waals surface area contributed by atoms with Gasteiger partial charge in [-0.3, -0.25) is 0 Å². The van der Waals surface area contributed by atoms with Gasteiger partial charge in [0.1, 0.15) is 0 Å². The molecule has 110 valence electrons. The maximum absolute atomic E-state index is 12.2. The summed E-state index contributed by atoms with van der Waals surface area (Å²) in [6.45, 7) is 2.08. The molecule has 20 heavy (non-hydrogen) atoms. The number of ether oxygens (including phenoxy) is 1. The van der Waals surface area contributed by atoms with Gasteiger partial charge in [0.05, 0.1) is 6.04 Å². The normalized spacial score (nSPS) is 18.3. The monoisotopic (exact) mass is 296 g/mol. The average Bonchev–Trinajstić information content (AvgIpc) is 2.93. The van der Waals surface area contributed by atoms with E-state index in [1.165, 1.54) is 0 Å². The zero-order chi connectivity index (χ0) is 14.4. The molecule has 1 heterocycles. The highest BCUT2D eigenvalue weighted by Gasteiger charge is 2.30. The summed E-state index contributed by atoms with van der Waals surface area (Å²) in [4.78, 5) is 14.1. The minimum Gasteiger partial charge on any atom is -0.385 e. The molecule has 2 rings (SSSR count). The highest BCUT2D eigenvalue weighted by molar-refractivity contribution is 6.31. The third kappa shape index (κ3) is 3.64. The summed E-state index contributed by atoms with van der Waals surface area (Å²) in [6, 6.07) is 7.84. The van der Waals surface area contributed by atoms with Gasteiger partial charge in [0.2, 0.25) is 0 Å². The summed E-state index contributed by atoms with van der Waals surface area (Å²) in [5.41, 5.74) is 1.04. The second kappa shape index (κ2) is 7.50. The van der Waals surface area contributed by atoms with E-state index in [1.807, 2.05) is 29.2 Å². The molecule has 1 aliphatic rings. The first-order valence-corrected chi connectivity index (χ1v) is 7.39. The molecule has 0 saturated carbocycles. The number of likely N-dealkylation sites (tertiary alicyclic amines) is 1. The van der Waals surface area contributed by atoms with Crippen molar-refractivity contribution in [3.8, 4) is 0 Å². The maximum atomic E-state index is 12.2. The minimum atomic E-state index is -0.0106. The van der Waals surface area contributed by atoms with Crippen LogP contribution in [-0.4, -0.2) is 37.7 Å². The van der Waals surface area contributed by atoms with E-state index in [-0.39, 0.29) is 12.1 Å². The predicted octanol–water partition coefficient (Wildman–Crippen LogP) is 3.22. The largest absolute Gasteiger partial charge is 0.385 e. The first-order valence-electron chi connectivity index (χ1n) is 7.02. The predicted molar refractivity (Wildman–Crippen MR) is 80.0 cm³/mol. The van der Waals surface area contributed by atoms with Crippen LogP contribution in [0.1, 0.15) is 30.9 Å². The number of hydrogen-bond donors (Lipinski definition) is 1. The molecule has 0 radical (unpaired) electrons. The van der Waals surface area contributed by atoms with Crippen molar-refractivity contribution in [1.82, 2.24) is 10.2 Å². The van der Waals surface area contributed by atoms with Gasteiger partial charge in [-0.2, -0.15) is 0 Å². The average molecular weight is 297 g/mol. The Labute approximate surface area is 125 Å². The molecule has 0 aromatic heterocycles. The highest BCUT2D eigenvalue weighted by Crippen LogP contribution is 2.35. The number of nitrogens with one attached hydrogen (secondary N) is 1. The first-order chi connectivity index (χ1) is 9.74. The fraction of sp³-hybridized carbons (Fsp3) is 0.533. The summed E-state index contributed by atoms with van der Waals surface area (Å²) < 4.78 is 4.97. The first kappa shape index (κ1) is 15.1. The van der Waals surface area contributed by atoms with Gasteiger partial charge in [-0.1, -0.05) is 29.8 Å². The van der Waals surface area contributed by atoms with Crippen LogP contribution < -0.4 is 5.32 Å². The molecule has 0 spiro atoms. The summed E-state index contributed by atoms with van der Waals surface area (Å²) in [5.74, 6) is 0. The number of methoxy groups -OCH3 is 1. The molecule has 1 saturated heterocycles. The summed E-state index contributed by atoms with van der Waals surface area (Å²) in [7, 11) is 1.66. The Morgan fingerprint density at radius 2 is 2.30 bits per heavy atom. The number of carbonyl (C=O) groups excluding carboxylic acids is 1. The summed E-state index contributed by atoms with van der Waals surface area (Å²) in [5, 5.41) is 3.68. The molecule has 0 aliphatic carbocycles. The van der Waals surface area contributed by atoms with Crippen LogP contribution in [0.2, 0.25) is 5.02 Å². The fourth-order valence-electron chi connectivity index (χ4n) is 2.59. The van der Waals surface area contributed by atoms with E-state index >= 15 is 0 Å². The van der Waals surface area contributed by atoms with Crippen molar-refractivity contribution < 1.29 is 9.53 Å². The SMILES string of the molecule is COCCCNC(=O)N1CCC[C@H]1c1ccccc1Cl. The van der Waals surface area contributed by atoms with Gasteiger partial charge in [-0.15, -0.1) is 0 Å². The van der Waals surface area contributed by atoms with Gasteiger partial charge < -0.3 is 15.0 Å². The van der Waals surface area contributed by atoms with Crippen LogP contribution in [0.15, 0.2) is 24.3 Å². The zero-order valence-electron chi connectivity index (χ0n) is 11.8. The zero-order valence-corrected chi connectivity index (χ0v) is 12.5.